The van der Waals surface area contributed by atoms with Gasteiger partial charge < -0.3 is 5.32 Å². The summed E-state index contributed by atoms with van der Waals surface area (Å²) in [5.41, 5.74) is 0.245. The van der Waals surface area contributed by atoms with Gasteiger partial charge in [-0.25, -0.2) is 9.37 Å². The number of halogens is 1. The number of nitrogens with zero attached hydrogens (tertiary/aromatic N) is 1. The smallest absolute Gasteiger partial charge is 0.269 e. The minimum Gasteiger partial charge on any atom is -0.351 e. The van der Waals surface area contributed by atoms with Gasteiger partial charge in [0.05, 0.1) is 6.20 Å². The molecule has 0 unspecified atom stereocenters. The van der Waals surface area contributed by atoms with Gasteiger partial charge >= 0.3 is 0 Å². The predicted molar refractivity (Wildman–Crippen MR) is 46.8 cm³/mol. The maximum Gasteiger partial charge on any atom is 0.269 e. The fourth-order valence-corrected chi connectivity index (χ4v) is 0.839. The third kappa shape index (κ3) is 2.82. The number of nitrogens with one attached hydrogen (secondary N) is 1. The van der Waals surface area contributed by atoms with E-state index in [0.717, 1.165) is 12.6 Å². The molecular weight excluding hydrogens is 171 g/mol. The summed E-state index contributed by atoms with van der Waals surface area (Å²) in [6.07, 6.45) is 1.90. The van der Waals surface area contributed by atoms with Gasteiger partial charge in [-0.2, -0.15) is 0 Å². The van der Waals surface area contributed by atoms with Crippen molar-refractivity contribution in [1.29, 1.82) is 0 Å². The van der Waals surface area contributed by atoms with Crippen molar-refractivity contribution in [3.05, 3.63) is 29.8 Å². The number of aromatic nitrogens is 1. The van der Waals surface area contributed by atoms with Crippen LogP contribution in [0.2, 0.25) is 0 Å². The fraction of sp³-hybridized carbons (Fsp3) is 0.333. The first-order valence-electron chi connectivity index (χ1n) is 4.13. The Balaban J connectivity index is 2.61. The number of carbonyl (C=O) groups excluding carboxylic acids is 1. The first-order valence-corrected chi connectivity index (χ1v) is 4.13. The molecule has 0 fully saturated rings. The Bertz CT molecular complexity index is 284. The lowest BCUT2D eigenvalue weighted by molar-refractivity contribution is 0.0948. The number of hydrogen-bond donors (Lipinski definition) is 1. The van der Waals surface area contributed by atoms with Crippen LogP contribution in [0.25, 0.3) is 0 Å². The Morgan fingerprint density at radius 3 is 2.92 bits per heavy atom. The average molecular weight is 182 g/mol. The maximum atomic E-state index is 12.4. The van der Waals surface area contributed by atoms with Crippen LogP contribution in [0, 0.1) is 5.82 Å². The zero-order chi connectivity index (χ0) is 9.68. The number of rotatable bonds is 3. The molecule has 0 aromatic carbocycles. The third-order valence-electron chi connectivity index (χ3n) is 1.50. The van der Waals surface area contributed by atoms with E-state index in [4.69, 9.17) is 0 Å². The minimum atomic E-state index is -0.438. The Labute approximate surface area is 76.0 Å². The second-order valence-electron chi connectivity index (χ2n) is 2.62. The molecule has 0 saturated carbocycles. The van der Waals surface area contributed by atoms with Crippen LogP contribution in [-0.2, 0) is 0 Å². The monoisotopic (exact) mass is 182 g/mol. The third-order valence-corrected chi connectivity index (χ3v) is 1.50. The van der Waals surface area contributed by atoms with Gasteiger partial charge in [-0.3, -0.25) is 4.79 Å². The van der Waals surface area contributed by atoms with Crippen molar-refractivity contribution in [2.45, 2.75) is 13.3 Å². The molecule has 70 valence electrons. The van der Waals surface area contributed by atoms with Crippen molar-refractivity contribution in [3.8, 4) is 0 Å². The van der Waals surface area contributed by atoms with E-state index in [2.05, 4.69) is 10.3 Å². The van der Waals surface area contributed by atoms with Gasteiger partial charge in [0.25, 0.3) is 5.91 Å². The van der Waals surface area contributed by atoms with Crippen LogP contribution in [0.3, 0.4) is 0 Å². The van der Waals surface area contributed by atoms with Crippen LogP contribution in [0.1, 0.15) is 23.8 Å². The normalized spacial score (nSPS) is 9.69. The van der Waals surface area contributed by atoms with Crippen LogP contribution in [0.5, 0.6) is 0 Å². The topological polar surface area (TPSA) is 42.0 Å². The van der Waals surface area contributed by atoms with E-state index in [9.17, 15) is 9.18 Å². The molecule has 13 heavy (non-hydrogen) atoms. The zero-order valence-corrected chi connectivity index (χ0v) is 7.38. The summed E-state index contributed by atoms with van der Waals surface area (Å²) in [4.78, 5) is 14.9. The van der Waals surface area contributed by atoms with Crippen molar-refractivity contribution in [2.75, 3.05) is 6.54 Å². The van der Waals surface area contributed by atoms with Gasteiger partial charge in [-0.05, 0) is 18.6 Å². The van der Waals surface area contributed by atoms with Crippen molar-refractivity contribution in [2.24, 2.45) is 0 Å². The summed E-state index contributed by atoms with van der Waals surface area (Å²) in [6.45, 7) is 2.57. The predicted octanol–water partition coefficient (Wildman–Crippen LogP) is 1.36. The first-order chi connectivity index (χ1) is 6.24. The number of hydrogen-bond acceptors (Lipinski definition) is 2. The van der Waals surface area contributed by atoms with Gasteiger partial charge in [-0.15, -0.1) is 0 Å². The van der Waals surface area contributed by atoms with Crippen LogP contribution in [0.4, 0.5) is 4.39 Å². The largest absolute Gasteiger partial charge is 0.351 e. The molecule has 0 bridgehead atoms. The Morgan fingerprint density at radius 1 is 1.62 bits per heavy atom. The second-order valence-corrected chi connectivity index (χ2v) is 2.62. The summed E-state index contributed by atoms with van der Waals surface area (Å²) in [6, 6.07) is 2.58. The molecule has 1 aromatic heterocycles. The molecule has 1 aromatic rings. The van der Waals surface area contributed by atoms with Crippen LogP contribution < -0.4 is 5.32 Å². The molecule has 1 heterocycles. The Hall–Kier alpha value is -1.45. The quantitative estimate of drug-likeness (QED) is 0.766. The van der Waals surface area contributed by atoms with Crippen molar-refractivity contribution in [1.82, 2.24) is 10.3 Å². The van der Waals surface area contributed by atoms with Crippen molar-refractivity contribution in [3.63, 3.8) is 0 Å². The highest BCUT2D eigenvalue weighted by molar-refractivity contribution is 5.92. The molecule has 0 radical (unpaired) electrons. The Morgan fingerprint density at radius 2 is 2.38 bits per heavy atom. The Kier molecular flexibility index (Phi) is 3.37. The zero-order valence-electron chi connectivity index (χ0n) is 7.38. The van der Waals surface area contributed by atoms with Crippen LogP contribution >= 0.6 is 0 Å². The first kappa shape index (κ1) is 9.64. The summed E-state index contributed by atoms with van der Waals surface area (Å²) in [7, 11) is 0. The van der Waals surface area contributed by atoms with Crippen LogP contribution in [0.15, 0.2) is 18.3 Å². The van der Waals surface area contributed by atoms with Crippen molar-refractivity contribution < 1.29 is 9.18 Å². The molecule has 0 aliphatic rings. The molecule has 0 aliphatic carbocycles. The van der Waals surface area contributed by atoms with Crippen molar-refractivity contribution >= 4 is 5.91 Å². The highest BCUT2D eigenvalue weighted by atomic mass is 19.1. The SMILES string of the molecule is CCCNC(=O)c1ccc(F)cn1. The lowest BCUT2D eigenvalue weighted by atomic mass is 10.3. The van der Waals surface area contributed by atoms with E-state index >= 15 is 0 Å². The molecule has 0 aliphatic heterocycles. The fourth-order valence-electron chi connectivity index (χ4n) is 0.839. The standard InChI is InChI=1S/C9H11FN2O/c1-2-5-11-9(13)8-4-3-7(10)6-12-8/h3-4,6H,2,5H2,1H3,(H,11,13). The molecule has 1 rings (SSSR count). The highest BCUT2D eigenvalue weighted by Gasteiger charge is 2.04. The molecule has 1 N–H and O–H groups in total. The van der Waals surface area contributed by atoms with Gasteiger partial charge in [-0.1, -0.05) is 6.92 Å². The molecule has 4 heteroatoms. The second kappa shape index (κ2) is 4.54. The maximum absolute atomic E-state index is 12.4. The number of amides is 1. The average Bonchev–Trinajstić information content (AvgIpc) is 2.15. The lowest BCUT2D eigenvalue weighted by Crippen LogP contribution is -2.24. The summed E-state index contributed by atoms with van der Waals surface area (Å²) >= 11 is 0. The molecule has 0 spiro atoms. The van der Waals surface area contributed by atoms with E-state index in [1.165, 1.54) is 12.1 Å². The van der Waals surface area contributed by atoms with E-state index in [1.807, 2.05) is 6.92 Å². The lowest BCUT2D eigenvalue weighted by Gasteiger charge is -2.01. The van der Waals surface area contributed by atoms with Gasteiger partial charge in [0.15, 0.2) is 0 Å². The summed E-state index contributed by atoms with van der Waals surface area (Å²) in [5.74, 6) is -0.700. The van der Waals surface area contributed by atoms with E-state index in [0.29, 0.717) is 6.54 Å². The molecule has 0 saturated heterocycles. The van der Waals surface area contributed by atoms with Gasteiger partial charge in [0.1, 0.15) is 11.5 Å². The van der Waals surface area contributed by atoms with E-state index in [-0.39, 0.29) is 11.6 Å². The van der Waals surface area contributed by atoms with Gasteiger partial charge in [0.2, 0.25) is 0 Å². The summed E-state index contributed by atoms with van der Waals surface area (Å²) < 4.78 is 12.4. The number of carbonyl (C=O) groups is 1. The molecule has 1 amide bonds. The van der Waals surface area contributed by atoms with E-state index in [1.54, 1.807) is 0 Å². The number of pyridine rings is 1. The molecule has 3 nitrogen and oxygen atoms in total. The highest BCUT2D eigenvalue weighted by Crippen LogP contribution is 1.97. The molecular formula is C9H11FN2O. The summed E-state index contributed by atoms with van der Waals surface area (Å²) in [5, 5.41) is 2.64. The van der Waals surface area contributed by atoms with Crippen LogP contribution in [-0.4, -0.2) is 17.4 Å². The molecule has 0 atom stereocenters. The minimum absolute atomic E-state index is 0.245. The van der Waals surface area contributed by atoms with E-state index < -0.39 is 5.82 Å². The van der Waals surface area contributed by atoms with Gasteiger partial charge in [0, 0.05) is 6.54 Å².